The molecule has 3 rings (SSSR count). The molecule has 24 heavy (non-hydrogen) atoms. The Morgan fingerprint density at radius 3 is 2.29 bits per heavy atom. The highest BCUT2D eigenvalue weighted by Gasteiger charge is 2.15. The van der Waals surface area contributed by atoms with Crippen molar-refractivity contribution in [1.29, 1.82) is 0 Å². The lowest BCUT2D eigenvalue weighted by Crippen LogP contribution is -2.13. The van der Waals surface area contributed by atoms with E-state index < -0.39 is 10.0 Å². The molecule has 3 aromatic carbocycles. The molecule has 3 aromatic rings. The number of carbonyl (C=O) groups is 1. The summed E-state index contributed by atoms with van der Waals surface area (Å²) in [6.45, 7) is 1.39. The van der Waals surface area contributed by atoms with Crippen molar-refractivity contribution in [3.8, 4) is 0 Å². The van der Waals surface area contributed by atoms with E-state index in [1.807, 2.05) is 24.3 Å². The monoisotopic (exact) mass is 340 g/mol. The number of carbonyl (C=O) groups excluding carboxylic acids is 1. The van der Waals surface area contributed by atoms with Gasteiger partial charge in [0, 0.05) is 12.6 Å². The number of rotatable bonds is 4. The lowest BCUT2D eigenvalue weighted by atomic mass is 10.1. The van der Waals surface area contributed by atoms with E-state index in [0.717, 1.165) is 10.8 Å². The summed E-state index contributed by atoms with van der Waals surface area (Å²) < 4.78 is 27.7. The van der Waals surface area contributed by atoms with Crippen LogP contribution in [-0.2, 0) is 14.8 Å². The van der Waals surface area contributed by atoms with Gasteiger partial charge in [0.1, 0.15) is 0 Å². The molecule has 0 saturated heterocycles. The maximum Gasteiger partial charge on any atom is 0.261 e. The molecule has 0 radical (unpaired) electrons. The number of anilines is 2. The maximum atomic E-state index is 12.6. The van der Waals surface area contributed by atoms with E-state index in [-0.39, 0.29) is 10.8 Å². The largest absolute Gasteiger partial charge is 0.326 e. The number of nitrogens with one attached hydrogen (secondary N) is 2. The zero-order valence-corrected chi connectivity index (χ0v) is 13.8. The van der Waals surface area contributed by atoms with Gasteiger partial charge in [0.05, 0.1) is 10.6 Å². The van der Waals surface area contributed by atoms with Crippen molar-refractivity contribution < 1.29 is 13.2 Å². The summed E-state index contributed by atoms with van der Waals surface area (Å²) in [6.07, 6.45) is 0. The molecular formula is C18H16N2O3S. The van der Waals surface area contributed by atoms with Crippen molar-refractivity contribution in [2.24, 2.45) is 0 Å². The third-order valence-electron chi connectivity index (χ3n) is 3.47. The fourth-order valence-corrected chi connectivity index (χ4v) is 3.50. The summed E-state index contributed by atoms with van der Waals surface area (Å²) in [7, 11) is -3.71. The van der Waals surface area contributed by atoms with Crippen LogP contribution < -0.4 is 10.0 Å². The molecule has 0 fully saturated rings. The molecule has 0 heterocycles. The lowest BCUT2D eigenvalue weighted by Gasteiger charge is -2.10. The molecule has 0 saturated carbocycles. The fourth-order valence-electron chi connectivity index (χ4n) is 2.41. The minimum Gasteiger partial charge on any atom is -0.326 e. The van der Waals surface area contributed by atoms with Gasteiger partial charge in [-0.05, 0) is 41.1 Å². The van der Waals surface area contributed by atoms with E-state index in [4.69, 9.17) is 0 Å². The third kappa shape index (κ3) is 3.55. The second-order valence-electron chi connectivity index (χ2n) is 5.38. The molecular weight excluding hydrogens is 324 g/mol. The van der Waals surface area contributed by atoms with E-state index >= 15 is 0 Å². The summed E-state index contributed by atoms with van der Waals surface area (Å²) in [4.78, 5) is 11.3. The fraction of sp³-hybridized carbons (Fsp3) is 0.0556. The van der Waals surface area contributed by atoms with Crippen LogP contribution in [0.2, 0.25) is 0 Å². The second-order valence-corrected chi connectivity index (χ2v) is 7.06. The van der Waals surface area contributed by atoms with Crippen molar-refractivity contribution in [3.05, 3.63) is 66.7 Å². The molecule has 0 aliphatic carbocycles. The highest BCUT2D eigenvalue weighted by Crippen LogP contribution is 2.22. The predicted molar refractivity (Wildman–Crippen MR) is 95.5 cm³/mol. The van der Waals surface area contributed by atoms with Gasteiger partial charge in [0.2, 0.25) is 5.91 Å². The van der Waals surface area contributed by atoms with E-state index in [1.54, 1.807) is 42.5 Å². The quantitative estimate of drug-likeness (QED) is 0.762. The molecule has 0 bridgehead atoms. The van der Waals surface area contributed by atoms with Gasteiger partial charge in [-0.3, -0.25) is 9.52 Å². The number of hydrogen-bond donors (Lipinski definition) is 2. The number of hydrogen-bond acceptors (Lipinski definition) is 3. The Morgan fingerprint density at radius 1 is 0.833 bits per heavy atom. The van der Waals surface area contributed by atoms with Crippen LogP contribution in [0, 0.1) is 0 Å². The first kappa shape index (κ1) is 16.0. The van der Waals surface area contributed by atoms with Crippen LogP contribution in [0.1, 0.15) is 6.92 Å². The molecule has 6 heteroatoms. The topological polar surface area (TPSA) is 75.3 Å². The predicted octanol–water partition coefficient (Wildman–Crippen LogP) is 3.60. The van der Waals surface area contributed by atoms with Gasteiger partial charge in [0.15, 0.2) is 0 Å². The molecule has 0 aliphatic rings. The first-order valence-corrected chi connectivity index (χ1v) is 8.82. The van der Waals surface area contributed by atoms with E-state index in [1.165, 1.54) is 6.92 Å². The Hall–Kier alpha value is -2.86. The first-order valence-electron chi connectivity index (χ1n) is 7.33. The molecule has 2 N–H and O–H groups in total. The van der Waals surface area contributed by atoms with Crippen LogP contribution in [0.4, 0.5) is 11.4 Å². The summed E-state index contributed by atoms with van der Waals surface area (Å²) in [5.74, 6) is -0.218. The number of benzene rings is 3. The third-order valence-corrected chi connectivity index (χ3v) is 4.85. The van der Waals surface area contributed by atoms with Crippen molar-refractivity contribution in [2.45, 2.75) is 11.8 Å². The molecule has 0 aromatic heterocycles. The van der Waals surface area contributed by atoms with Crippen LogP contribution in [0.3, 0.4) is 0 Å². The maximum absolute atomic E-state index is 12.6. The number of amides is 1. The Kier molecular flexibility index (Phi) is 4.22. The van der Waals surface area contributed by atoms with Gasteiger partial charge < -0.3 is 5.32 Å². The van der Waals surface area contributed by atoms with Crippen LogP contribution in [0.15, 0.2) is 71.6 Å². The van der Waals surface area contributed by atoms with Crippen molar-refractivity contribution in [1.82, 2.24) is 0 Å². The Morgan fingerprint density at radius 2 is 1.54 bits per heavy atom. The van der Waals surface area contributed by atoms with Crippen molar-refractivity contribution in [3.63, 3.8) is 0 Å². The van der Waals surface area contributed by atoms with Gasteiger partial charge in [0.25, 0.3) is 10.0 Å². The van der Waals surface area contributed by atoms with Crippen molar-refractivity contribution >= 4 is 38.1 Å². The highest BCUT2D eigenvalue weighted by atomic mass is 32.2. The van der Waals surface area contributed by atoms with Crippen molar-refractivity contribution in [2.75, 3.05) is 10.0 Å². The average molecular weight is 340 g/mol. The molecule has 0 aliphatic heterocycles. The smallest absolute Gasteiger partial charge is 0.261 e. The van der Waals surface area contributed by atoms with Gasteiger partial charge in [-0.25, -0.2) is 8.42 Å². The molecule has 0 atom stereocenters. The van der Waals surface area contributed by atoms with Crippen LogP contribution >= 0.6 is 0 Å². The van der Waals surface area contributed by atoms with E-state index in [0.29, 0.717) is 11.4 Å². The standard InChI is InChI=1S/C18H16N2O3S/c1-13(21)19-16-7-4-8-17(12-16)20-24(22,23)18-10-9-14-5-2-3-6-15(14)11-18/h2-12,20H,1H3,(H,19,21). The van der Waals surface area contributed by atoms with Gasteiger partial charge in [-0.2, -0.15) is 0 Å². The molecule has 0 spiro atoms. The normalized spacial score (nSPS) is 11.2. The number of sulfonamides is 1. The van der Waals surface area contributed by atoms with Gasteiger partial charge in [-0.1, -0.05) is 36.4 Å². The SMILES string of the molecule is CC(=O)Nc1cccc(NS(=O)(=O)c2ccc3ccccc3c2)c1. The Labute approximate surface area is 140 Å². The molecule has 1 amide bonds. The Bertz CT molecular complexity index is 1010. The minimum atomic E-state index is -3.71. The van der Waals surface area contributed by atoms with E-state index in [2.05, 4.69) is 10.0 Å². The summed E-state index contributed by atoms with van der Waals surface area (Å²) in [5.41, 5.74) is 0.913. The first-order chi connectivity index (χ1) is 11.4. The summed E-state index contributed by atoms with van der Waals surface area (Å²) in [6, 6.07) is 19.1. The lowest BCUT2D eigenvalue weighted by molar-refractivity contribution is -0.114. The summed E-state index contributed by atoms with van der Waals surface area (Å²) >= 11 is 0. The second kappa shape index (κ2) is 6.33. The number of fused-ring (bicyclic) bond motifs is 1. The molecule has 122 valence electrons. The highest BCUT2D eigenvalue weighted by molar-refractivity contribution is 7.92. The zero-order chi connectivity index (χ0) is 17.2. The summed E-state index contributed by atoms with van der Waals surface area (Å²) in [5, 5.41) is 4.45. The minimum absolute atomic E-state index is 0.186. The molecule has 0 unspecified atom stereocenters. The average Bonchev–Trinajstić information content (AvgIpc) is 2.53. The van der Waals surface area contributed by atoms with E-state index in [9.17, 15) is 13.2 Å². The van der Waals surface area contributed by atoms with Crippen LogP contribution in [0.5, 0.6) is 0 Å². The Balaban J connectivity index is 1.91. The van der Waals surface area contributed by atoms with Gasteiger partial charge >= 0.3 is 0 Å². The zero-order valence-electron chi connectivity index (χ0n) is 13.0. The van der Waals surface area contributed by atoms with Gasteiger partial charge in [-0.15, -0.1) is 0 Å². The molecule has 5 nitrogen and oxygen atoms in total. The van der Waals surface area contributed by atoms with Crippen LogP contribution in [-0.4, -0.2) is 14.3 Å². The van der Waals surface area contributed by atoms with Crippen LogP contribution in [0.25, 0.3) is 10.8 Å².